The number of hydrogen-bond acceptors (Lipinski definition) is 1. The van der Waals surface area contributed by atoms with E-state index in [0.717, 1.165) is 22.6 Å². The van der Waals surface area contributed by atoms with Crippen LogP contribution in [0, 0.1) is 0 Å². The summed E-state index contributed by atoms with van der Waals surface area (Å²) in [7, 11) is 0. The van der Waals surface area contributed by atoms with Crippen LogP contribution in [-0.4, -0.2) is 4.57 Å². The smallest absolute Gasteiger partial charge is 0.0719 e. The van der Waals surface area contributed by atoms with Crippen molar-refractivity contribution >= 4 is 60.4 Å². The summed E-state index contributed by atoms with van der Waals surface area (Å²) in [6.07, 6.45) is 0. The van der Waals surface area contributed by atoms with Crippen LogP contribution in [-0.2, 0) is 5.41 Å². The zero-order chi connectivity index (χ0) is 42.9. The van der Waals surface area contributed by atoms with Crippen molar-refractivity contribution in [3.8, 4) is 27.9 Å². The first-order chi connectivity index (χ1) is 32.3. The van der Waals surface area contributed by atoms with Gasteiger partial charge in [-0.05, 0) is 97.7 Å². The molecule has 0 atom stereocenters. The molecule has 0 saturated carbocycles. The van der Waals surface area contributed by atoms with Gasteiger partial charge in [0.25, 0.3) is 0 Å². The average molecular weight is 827 g/mol. The number of anilines is 3. The van der Waals surface area contributed by atoms with Crippen molar-refractivity contribution in [3.05, 3.63) is 277 Å². The zero-order valence-electron chi connectivity index (χ0n) is 35.6. The van der Waals surface area contributed by atoms with Crippen molar-refractivity contribution in [2.45, 2.75) is 5.41 Å². The van der Waals surface area contributed by atoms with Gasteiger partial charge in [-0.25, -0.2) is 0 Å². The van der Waals surface area contributed by atoms with Gasteiger partial charge in [0.2, 0.25) is 0 Å². The van der Waals surface area contributed by atoms with E-state index in [2.05, 4.69) is 264 Å². The van der Waals surface area contributed by atoms with Crippen LogP contribution in [0.4, 0.5) is 17.1 Å². The van der Waals surface area contributed by atoms with Gasteiger partial charge in [0, 0.05) is 38.6 Å². The van der Waals surface area contributed by atoms with Crippen LogP contribution in [0.25, 0.3) is 71.3 Å². The Balaban J connectivity index is 1.14. The van der Waals surface area contributed by atoms with Gasteiger partial charge in [0.15, 0.2) is 0 Å². The Hall–Kier alpha value is -8.46. The molecule has 1 aliphatic rings. The molecular formula is C63H42N2. The lowest BCUT2D eigenvalue weighted by Gasteiger charge is -2.35. The standard InChI is InChI=1S/C63H42N2/c1-5-22-43(23-6-1)63(44-24-7-2-8-25-44)57-38-19-17-30-48(57)53-36-21-37-56(61(53)63)60-51-32-13-15-34-54(51)62(55-35-16-14-33-52(55)60)65-58-39-20-18-31-49(58)50-41-40-47(42-59(50)65)64(45-26-9-3-10-27-45)46-28-11-4-12-29-46/h1-42H. The van der Waals surface area contributed by atoms with Crippen molar-refractivity contribution < 1.29 is 0 Å². The van der Waals surface area contributed by atoms with Crippen molar-refractivity contribution in [1.82, 2.24) is 4.57 Å². The molecule has 0 saturated heterocycles. The number of para-hydroxylation sites is 3. The van der Waals surface area contributed by atoms with Gasteiger partial charge in [-0.15, -0.1) is 0 Å². The molecule has 12 aromatic rings. The maximum absolute atomic E-state index is 2.54. The summed E-state index contributed by atoms with van der Waals surface area (Å²) in [5, 5.41) is 7.30. The molecule has 0 spiro atoms. The van der Waals surface area contributed by atoms with Gasteiger partial charge in [0.1, 0.15) is 0 Å². The largest absolute Gasteiger partial charge is 0.310 e. The molecule has 304 valence electrons. The van der Waals surface area contributed by atoms with Gasteiger partial charge >= 0.3 is 0 Å². The Kier molecular flexibility index (Phi) is 8.47. The molecule has 0 amide bonds. The molecule has 0 N–H and O–H groups in total. The molecule has 1 aromatic heterocycles. The fourth-order valence-electron chi connectivity index (χ4n) is 11.3. The highest BCUT2D eigenvalue weighted by Gasteiger charge is 2.47. The molecule has 0 unspecified atom stereocenters. The van der Waals surface area contributed by atoms with E-state index >= 15 is 0 Å². The SMILES string of the molecule is c1ccc(N(c2ccccc2)c2ccc3c4ccccc4n(-c4c5ccccc5c(-c5cccc6c5C(c5ccccc5)(c5ccccc5)c5ccccc5-6)c5ccccc45)c3c2)cc1. The van der Waals surface area contributed by atoms with Crippen molar-refractivity contribution in [3.63, 3.8) is 0 Å². The molecule has 0 fully saturated rings. The lowest BCUT2D eigenvalue weighted by Crippen LogP contribution is -2.29. The maximum Gasteiger partial charge on any atom is 0.0719 e. The number of benzene rings is 11. The third-order valence-electron chi connectivity index (χ3n) is 13.8. The van der Waals surface area contributed by atoms with Crippen LogP contribution in [0.3, 0.4) is 0 Å². The second-order valence-electron chi connectivity index (χ2n) is 17.1. The number of aromatic nitrogens is 1. The summed E-state index contributed by atoms with van der Waals surface area (Å²) in [5.74, 6) is 0. The molecule has 13 rings (SSSR count). The van der Waals surface area contributed by atoms with E-state index in [9.17, 15) is 0 Å². The lowest BCUT2D eigenvalue weighted by atomic mass is 9.66. The second-order valence-corrected chi connectivity index (χ2v) is 17.1. The Bertz CT molecular complexity index is 3620. The molecule has 2 nitrogen and oxygen atoms in total. The Morgan fingerprint density at radius 2 is 0.769 bits per heavy atom. The van der Waals surface area contributed by atoms with Gasteiger partial charge in [0.05, 0.1) is 22.1 Å². The van der Waals surface area contributed by atoms with E-state index in [1.165, 1.54) is 88.0 Å². The van der Waals surface area contributed by atoms with Gasteiger partial charge in [-0.3, -0.25) is 0 Å². The predicted molar refractivity (Wildman–Crippen MR) is 273 cm³/mol. The van der Waals surface area contributed by atoms with Crippen molar-refractivity contribution in [1.29, 1.82) is 0 Å². The fraction of sp³-hybridized carbons (Fsp3) is 0.0159. The summed E-state index contributed by atoms with van der Waals surface area (Å²) >= 11 is 0. The highest BCUT2D eigenvalue weighted by atomic mass is 15.1. The molecule has 1 aliphatic carbocycles. The van der Waals surface area contributed by atoms with E-state index < -0.39 is 5.41 Å². The van der Waals surface area contributed by atoms with E-state index in [1.54, 1.807) is 0 Å². The number of rotatable bonds is 7. The third-order valence-corrected chi connectivity index (χ3v) is 13.8. The van der Waals surface area contributed by atoms with Crippen LogP contribution < -0.4 is 4.90 Å². The summed E-state index contributed by atoms with van der Waals surface area (Å²) in [4.78, 5) is 2.36. The highest BCUT2D eigenvalue weighted by molar-refractivity contribution is 6.22. The van der Waals surface area contributed by atoms with Gasteiger partial charge in [-0.1, -0.05) is 212 Å². The second kappa shape index (κ2) is 14.8. The normalized spacial score (nSPS) is 12.7. The monoisotopic (exact) mass is 826 g/mol. The van der Waals surface area contributed by atoms with Gasteiger partial charge in [-0.2, -0.15) is 0 Å². The molecule has 0 radical (unpaired) electrons. The third kappa shape index (κ3) is 5.47. The first-order valence-corrected chi connectivity index (χ1v) is 22.5. The summed E-state index contributed by atoms with van der Waals surface area (Å²) in [6, 6.07) is 93.9. The topological polar surface area (TPSA) is 8.17 Å². The molecule has 1 heterocycles. The van der Waals surface area contributed by atoms with E-state index in [4.69, 9.17) is 0 Å². The van der Waals surface area contributed by atoms with Crippen LogP contribution >= 0.6 is 0 Å². The fourth-order valence-corrected chi connectivity index (χ4v) is 11.3. The first kappa shape index (κ1) is 37.1. The van der Waals surface area contributed by atoms with E-state index in [1.807, 2.05) is 0 Å². The quantitative estimate of drug-likeness (QED) is 0.145. The molecule has 65 heavy (non-hydrogen) atoms. The van der Waals surface area contributed by atoms with Crippen molar-refractivity contribution in [2.75, 3.05) is 4.90 Å². The van der Waals surface area contributed by atoms with Crippen LogP contribution in [0.1, 0.15) is 22.3 Å². The van der Waals surface area contributed by atoms with Crippen LogP contribution in [0.2, 0.25) is 0 Å². The first-order valence-electron chi connectivity index (χ1n) is 22.5. The minimum atomic E-state index is -0.557. The highest BCUT2D eigenvalue weighted by Crippen LogP contribution is 2.60. The Morgan fingerprint density at radius 1 is 0.308 bits per heavy atom. The molecule has 0 bridgehead atoms. The van der Waals surface area contributed by atoms with E-state index in [0.29, 0.717) is 0 Å². The molecular weight excluding hydrogens is 785 g/mol. The molecule has 0 aliphatic heterocycles. The average Bonchev–Trinajstić information content (AvgIpc) is 3.87. The minimum absolute atomic E-state index is 0.557. The number of fused-ring (bicyclic) bond motifs is 8. The van der Waals surface area contributed by atoms with E-state index in [-0.39, 0.29) is 0 Å². The Labute approximate surface area is 378 Å². The van der Waals surface area contributed by atoms with Crippen LogP contribution in [0.5, 0.6) is 0 Å². The predicted octanol–water partition coefficient (Wildman–Crippen LogP) is 16.6. The number of nitrogens with zero attached hydrogens (tertiary/aromatic N) is 2. The summed E-state index contributed by atoms with van der Waals surface area (Å²) < 4.78 is 2.54. The lowest BCUT2D eigenvalue weighted by molar-refractivity contribution is 0.770. The van der Waals surface area contributed by atoms with Crippen molar-refractivity contribution in [2.24, 2.45) is 0 Å². The zero-order valence-corrected chi connectivity index (χ0v) is 35.6. The maximum atomic E-state index is 2.54. The molecule has 11 aromatic carbocycles. The van der Waals surface area contributed by atoms with Crippen LogP contribution in [0.15, 0.2) is 255 Å². The summed E-state index contributed by atoms with van der Waals surface area (Å²) in [5.41, 5.74) is 16.5. The minimum Gasteiger partial charge on any atom is -0.310 e. The van der Waals surface area contributed by atoms with Gasteiger partial charge < -0.3 is 9.47 Å². The number of hydrogen-bond donors (Lipinski definition) is 0. The Morgan fingerprint density at radius 3 is 1.38 bits per heavy atom. The summed E-state index contributed by atoms with van der Waals surface area (Å²) in [6.45, 7) is 0. The molecule has 2 heteroatoms.